The van der Waals surface area contributed by atoms with Crippen LogP contribution < -0.4 is 0 Å². The zero-order valence-corrected chi connectivity index (χ0v) is 20.8. The van der Waals surface area contributed by atoms with Crippen molar-refractivity contribution < 1.29 is 15.3 Å². The molecule has 0 unspecified atom stereocenters. The fraction of sp³-hybridized carbons (Fsp3) is 0.600. The minimum atomic E-state index is -1.07. The van der Waals surface area contributed by atoms with E-state index in [9.17, 15) is 15.3 Å². The van der Waals surface area contributed by atoms with Gasteiger partial charge >= 0.3 is 0 Å². The minimum Gasteiger partial charge on any atom is -0.393 e. The number of hydrogen-bond donors (Lipinski definition) is 3. The molecule has 182 valence electrons. The van der Waals surface area contributed by atoms with E-state index in [0.717, 1.165) is 17.6 Å². The number of aliphatic hydroxyl groups is 3. The van der Waals surface area contributed by atoms with Crippen molar-refractivity contribution in [3.8, 4) is 0 Å². The van der Waals surface area contributed by atoms with Gasteiger partial charge in [0.1, 0.15) is 5.60 Å². The maximum Gasteiger partial charge on any atom is 0.106 e. The average Bonchev–Trinajstić information content (AvgIpc) is 3.15. The lowest BCUT2D eigenvalue weighted by Gasteiger charge is -2.44. The Balaban J connectivity index is 1.76. The quantitative estimate of drug-likeness (QED) is 0.412. The first-order chi connectivity index (χ1) is 15.6. The van der Waals surface area contributed by atoms with Crippen LogP contribution in [0.5, 0.6) is 0 Å². The maximum absolute atomic E-state index is 10.6. The molecule has 0 heterocycles. The molecule has 3 aliphatic carbocycles. The van der Waals surface area contributed by atoms with E-state index >= 15 is 0 Å². The molecule has 0 aromatic carbocycles. The molecule has 3 nitrogen and oxygen atoms in total. The molecule has 3 heteroatoms. The average molecular weight is 453 g/mol. The second-order valence-corrected chi connectivity index (χ2v) is 11.0. The summed E-state index contributed by atoms with van der Waals surface area (Å²) >= 11 is 0. The molecule has 0 aliphatic heterocycles. The van der Waals surface area contributed by atoms with Gasteiger partial charge in [0, 0.05) is 12.3 Å². The van der Waals surface area contributed by atoms with Crippen molar-refractivity contribution in [2.24, 2.45) is 29.1 Å². The summed E-state index contributed by atoms with van der Waals surface area (Å²) in [6.45, 7) is 18.4. The van der Waals surface area contributed by atoms with E-state index < -0.39 is 17.8 Å². The van der Waals surface area contributed by atoms with E-state index in [1.165, 1.54) is 31.3 Å². The Morgan fingerprint density at radius 3 is 2.45 bits per heavy atom. The summed E-state index contributed by atoms with van der Waals surface area (Å²) in [5.74, 6) is 1.55. The highest BCUT2D eigenvalue weighted by Gasteiger charge is 2.50. The van der Waals surface area contributed by atoms with Crippen LogP contribution in [-0.4, -0.2) is 33.1 Å². The summed E-state index contributed by atoms with van der Waals surface area (Å²) < 4.78 is 0. The number of hydrogen-bond acceptors (Lipinski definition) is 3. The van der Waals surface area contributed by atoms with E-state index in [1.807, 2.05) is 6.92 Å². The van der Waals surface area contributed by atoms with Crippen molar-refractivity contribution >= 4 is 0 Å². The first-order valence-electron chi connectivity index (χ1n) is 12.7. The molecule has 3 saturated carbocycles. The van der Waals surface area contributed by atoms with E-state index in [4.69, 9.17) is 0 Å². The minimum absolute atomic E-state index is 0.0670. The third-order valence-corrected chi connectivity index (χ3v) is 9.02. The molecule has 0 spiro atoms. The zero-order chi connectivity index (χ0) is 24.4. The maximum atomic E-state index is 10.6. The molecule has 0 bridgehead atoms. The molecule has 3 fully saturated rings. The smallest absolute Gasteiger partial charge is 0.106 e. The second-order valence-electron chi connectivity index (χ2n) is 11.0. The number of aliphatic hydroxyl groups excluding tert-OH is 2. The highest BCUT2D eigenvalue weighted by molar-refractivity contribution is 5.38. The summed E-state index contributed by atoms with van der Waals surface area (Å²) in [5.41, 5.74) is 2.45. The standard InChI is InChI=1S/C30H44O3/c1-7-30(33,8-2)21(4)12-11-20(3)26-15-16-27-23(10-9-17-29(26,27)6)13-14-24-18-25(31)19-28(32)22(24)5/h7-8,11-14,20-21,25-28,31-33H,1-2,5,9-10,15-19H2,3-4,6H3/b12-11+,23-13+,24-14-/t20-,21-,25-,26-,27+,28+,29-/m1/s1. The van der Waals surface area contributed by atoms with Crippen molar-refractivity contribution in [2.75, 3.05) is 0 Å². The Bertz CT molecular complexity index is 839. The second kappa shape index (κ2) is 10.3. The molecule has 0 saturated heterocycles. The van der Waals surface area contributed by atoms with E-state index in [1.54, 1.807) is 12.2 Å². The summed E-state index contributed by atoms with van der Waals surface area (Å²) in [5, 5.41) is 30.9. The Hall–Kier alpha value is -1.68. The topological polar surface area (TPSA) is 60.7 Å². The van der Waals surface area contributed by atoms with Crippen LogP contribution in [-0.2, 0) is 0 Å². The van der Waals surface area contributed by atoms with Crippen LogP contribution in [0.25, 0.3) is 0 Å². The molecule has 0 aromatic rings. The van der Waals surface area contributed by atoms with Crippen molar-refractivity contribution in [1.82, 2.24) is 0 Å². The van der Waals surface area contributed by atoms with Gasteiger partial charge in [-0.05, 0) is 72.8 Å². The van der Waals surface area contributed by atoms with Crippen LogP contribution in [0.3, 0.4) is 0 Å². The van der Waals surface area contributed by atoms with Crippen molar-refractivity contribution in [1.29, 1.82) is 0 Å². The lowest BCUT2D eigenvalue weighted by Crippen LogP contribution is -2.35. The fourth-order valence-electron chi connectivity index (χ4n) is 6.69. The molecule has 3 N–H and O–H groups in total. The van der Waals surface area contributed by atoms with Crippen LogP contribution in [0, 0.1) is 29.1 Å². The summed E-state index contributed by atoms with van der Waals surface area (Å²) in [4.78, 5) is 0. The fourth-order valence-corrected chi connectivity index (χ4v) is 6.69. The highest BCUT2D eigenvalue weighted by Crippen LogP contribution is 2.59. The lowest BCUT2D eigenvalue weighted by atomic mass is 9.61. The Labute approximate surface area is 201 Å². The van der Waals surface area contributed by atoms with Crippen LogP contribution in [0.2, 0.25) is 0 Å². The third kappa shape index (κ3) is 5.21. The van der Waals surface area contributed by atoms with Gasteiger partial charge in [-0.1, -0.05) is 82.5 Å². The van der Waals surface area contributed by atoms with Crippen LogP contribution >= 0.6 is 0 Å². The molecule has 0 aromatic heterocycles. The van der Waals surface area contributed by atoms with Gasteiger partial charge in [0.2, 0.25) is 0 Å². The summed E-state index contributed by atoms with van der Waals surface area (Å²) in [7, 11) is 0. The predicted molar refractivity (Wildman–Crippen MR) is 138 cm³/mol. The molecule has 0 radical (unpaired) electrons. The van der Waals surface area contributed by atoms with Gasteiger partial charge in [0.15, 0.2) is 0 Å². The number of rotatable bonds is 7. The first kappa shape index (κ1) is 25.9. The summed E-state index contributed by atoms with van der Waals surface area (Å²) in [6.07, 6.45) is 17.8. The number of fused-ring (bicyclic) bond motifs is 1. The van der Waals surface area contributed by atoms with E-state index in [-0.39, 0.29) is 11.3 Å². The van der Waals surface area contributed by atoms with E-state index in [2.05, 4.69) is 57.9 Å². The zero-order valence-electron chi connectivity index (χ0n) is 20.8. The van der Waals surface area contributed by atoms with Crippen LogP contribution in [0.4, 0.5) is 0 Å². The lowest BCUT2D eigenvalue weighted by molar-refractivity contribution is 0.0862. The molecular weight excluding hydrogens is 408 g/mol. The van der Waals surface area contributed by atoms with Gasteiger partial charge in [-0.2, -0.15) is 0 Å². The van der Waals surface area contributed by atoms with Crippen molar-refractivity contribution in [2.45, 2.75) is 83.5 Å². The molecule has 0 amide bonds. The van der Waals surface area contributed by atoms with Gasteiger partial charge in [0.05, 0.1) is 12.2 Å². The SMILES string of the molecule is C=CC(O)(C=C)[C@H](C)/C=C/[C@@H](C)[C@H]1CC[C@H]2/C(=C/C=C3/C[C@@H](O)C[C@H](O)C3=C)CCC[C@]12C. The molecule has 7 atom stereocenters. The van der Waals surface area contributed by atoms with Crippen LogP contribution in [0.15, 0.2) is 72.9 Å². The van der Waals surface area contributed by atoms with Gasteiger partial charge in [-0.25, -0.2) is 0 Å². The van der Waals surface area contributed by atoms with Gasteiger partial charge in [-0.3, -0.25) is 0 Å². The number of allylic oxidation sites excluding steroid dienone is 4. The van der Waals surface area contributed by atoms with Crippen molar-refractivity contribution in [3.63, 3.8) is 0 Å². The van der Waals surface area contributed by atoms with E-state index in [0.29, 0.717) is 30.6 Å². The Morgan fingerprint density at radius 2 is 1.79 bits per heavy atom. The summed E-state index contributed by atoms with van der Waals surface area (Å²) in [6, 6.07) is 0. The monoisotopic (exact) mass is 452 g/mol. The molecular formula is C30H44O3. The molecule has 3 aliphatic rings. The Morgan fingerprint density at radius 1 is 1.09 bits per heavy atom. The Kier molecular flexibility index (Phi) is 8.09. The molecule has 33 heavy (non-hydrogen) atoms. The van der Waals surface area contributed by atoms with Crippen molar-refractivity contribution in [3.05, 3.63) is 72.9 Å². The van der Waals surface area contributed by atoms with Gasteiger partial charge < -0.3 is 15.3 Å². The molecule has 3 rings (SSSR count). The van der Waals surface area contributed by atoms with Gasteiger partial charge in [-0.15, -0.1) is 0 Å². The third-order valence-electron chi connectivity index (χ3n) is 9.02. The van der Waals surface area contributed by atoms with Crippen LogP contribution in [0.1, 0.15) is 65.7 Å². The highest BCUT2D eigenvalue weighted by atomic mass is 16.3. The predicted octanol–water partition coefficient (Wildman–Crippen LogP) is 6.06. The largest absolute Gasteiger partial charge is 0.393 e. The normalized spacial score (nSPS) is 37.3. The van der Waals surface area contributed by atoms with Gasteiger partial charge in [0.25, 0.3) is 0 Å². The first-order valence-corrected chi connectivity index (χ1v) is 12.7.